The first-order valence-electron chi connectivity index (χ1n) is 9.14. The summed E-state index contributed by atoms with van der Waals surface area (Å²) in [7, 11) is 0. The van der Waals surface area contributed by atoms with E-state index in [9.17, 15) is 14.4 Å². The highest BCUT2D eigenvalue weighted by Gasteiger charge is 2.07. The van der Waals surface area contributed by atoms with Crippen LogP contribution in [0.15, 0.2) is 54.6 Å². The van der Waals surface area contributed by atoms with Crippen LogP contribution in [0.2, 0.25) is 0 Å². The van der Waals surface area contributed by atoms with Crippen LogP contribution in [0.3, 0.4) is 0 Å². The summed E-state index contributed by atoms with van der Waals surface area (Å²) in [6.45, 7) is -0.466. The standard InChI is InChI=1S/C22H25NO4/c24-16-21(26)15-18-10-12-19(13-11-18)23-22(27)9-5-4-8-20(25)14-17-6-2-1-3-7-17/h1-3,6-7,10-13,24H,4-5,8-9,14-16H2,(H,23,27). The Kier molecular flexibility index (Phi) is 8.39. The number of aliphatic hydroxyl groups is 1. The van der Waals surface area contributed by atoms with Gasteiger partial charge in [-0.2, -0.15) is 0 Å². The molecule has 2 N–H and O–H groups in total. The third-order valence-corrected chi connectivity index (χ3v) is 4.17. The Morgan fingerprint density at radius 1 is 0.741 bits per heavy atom. The number of hydrogen-bond donors (Lipinski definition) is 2. The number of carbonyl (C=O) groups is 3. The second-order valence-corrected chi connectivity index (χ2v) is 6.53. The average Bonchev–Trinajstić information content (AvgIpc) is 2.67. The van der Waals surface area contributed by atoms with Crippen LogP contribution in [-0.2, 0) is 27.2 Å². The van der Waals surface area contributed by atoms with Crippen molar-refractivity contribution >= 4 is 23.2 Å². The molecule has 5 nitrogen and oxygen atoms in total. The fourth-order valence-corrected chi connectivity index (χ4v) is 2.73. The number of anilines is 1. The predicted molar refractivity (Wildman–Crippen MR) is 104 cm³/mol. The normalized spacial score (nSPS) is 10.4. The Labute approximate surface area is 159 Å². The highest BCUT2D eigenvalue weighted by atomic mass is 16.3. The van der Waals surface area contributed by atoms with E-state index >= 15 is 0 Å². The maximum atomic E-state index is 12.0. The average molecular weight is 367 g/mol. The van der Waals surface area contributed by atoms with Crippen LogP contribution < -0.4 is 5.32 Å². The lowest BCUT2D eigenvalue weighted by molar-refractivity contribution is -0.121. The Morgan fingerprint density at radius 2 is 1.33 bits per heavy atom. The molecule has 0 aromatic heterocycles. The molecule has 1 amide bonds. The molecule has 0 aliphatic carbocycles. The van der Waals surface area contributed by atoms with E-state index in [-0.39, 0.29) is 23.9 Å². The van der Waals surface area contributed by atoms with Gasteiger partial charge in [0.15, 0.2) is 5.78 Å². The maximum absolute atomic E-state index is 12.0. The lowest BCUT2D eigenvalue weighted by Crippen LogP contribution is -2.12. The molecular weight excluding hydrogens is 342 g/mol. The topological polar surface area (TPSA) is 83.5 Å². The number of nitrogens with one attached hydrogen (secondary N) is 1. The van der Waals surface area contributed by atoms with Crippen LogP contribution in [0.1, 0.15) is 36.8 Å². The zero-order valence-electron chi connectivity index (χ0n) is 15.3. The number of Topliss-reactive ketones (excluding diaryl/α,β-unsaturated/α-hetero) is 2. The Hall–Kier alpha value is -2.79. The van der Waals surface area contributed by atoms with Crippen molar-refractivity contribution in [3.8, 4) is 0 Å². The SMILES string of the molecule is O=C(CO)Cc1ccc(NC(=O)CCCCC(=O)Cc2ccccc2)cc1. The summed E-state index contributed by atoms with van der Waals surface area (Å²) >= 11 is 0. The van der Waals surface area contributed by atoms with Crippen molar-refractivity contribution in [2.45, 2.75) is 38.5 Å². The van der Waals surface area contributed by atoms with Crippen LogP contribution in [0.4, 0.5) is 5.69 Å². The minimum absolute atomic E-state index is 0.0929. The van der Waals surface area contributed by atoms with Crippen LogP contribution in [0.25, 0.3) is 0 Å². The van der Waals surface area contributed by atoms with Crippen LogP contribution in [0.5, 0.6) is 0 Å². The number of ketones is 2. The molecule has 0 radical (unpaired) electrons. The second-order valence-electron chi connectivity index (χ2n) is 6.53. The van der Waals surface area contributed by atoms with E-state index in [1.807, 2.05) is 30.3 Å². The molecule has 0 saturated heterocycles. The van der Waals surface area contributed by atoms with Gasteiger partial charge in [0.25, 0.3) is 0 Å². The van der Waals surface area contributed by atoms with Crippen molar-refractivity contribution in [1.82, 2.24) is 0 Å². The highest BCUT2D eigenvalue weighted by molar-refractivity contribution is 5.90. The number of rotatable bonds is 11. The first-order chi connectivity index (χ1) is 13.1. The van der Waals surface area contributed by atoms with Crippen molar-refractivity contribution in [3.05, 3.63) is 65.7 Å². The van der Waals surface area contributed by atoms with Gasteiger partial charge in [-0.25, -0.2) is 0 Å². The number of aliphatic hydroxyl groups excluding tert-OH is 1. The lowest BCUT2D eigenvalue weighted by Gasteiger charge is -2.06. The molecule has 0 spiro atoms. The lowest BCUT2D eigenvalue weighted by atomic mass is 10.0. The van der Waals surface area contributed by atoms with E-state index < -0.39 is 6.61 Å². The molecule has 2 rings (SSSR count). The molecule has 0 fully saturated rings. The third-order valence-electron chi connectivity index (χ3n) is 4.17. The Balaban J connectivity index is 1.64. The van der Waals surface area contributed by atoms with Gasteiger partial charge in [0.1, 0.15) is 12.4 Å². The zero-order chi connectivity index (χ0) is 19.5. The predicted octanol–water partition coefficient (Wildman–Crippen LogP) is 3.10. The summed E-state index contributed by atoms with van der Waals surface area (Å²) in [6, 6.07) is 16.6. The first-order valence-corrected chi connectivity index (χ1v) is 9.14. The molecule has 0 atom stereocenters. The minimum Gasteiger partial charge on any atom is -0.389 e. The van der Waals surface area contributed by atoms with E-state index in [2.05, 4.69) is 5.32 Å². The van der Waals surface area contributed by atoms with E-state index in [0.29, 0.717) is 37.8 Å². The van der Waals surface area contributed by atoms with E-state index in [1.54, 1.807) is 24.3 Å². The molecule has 0 saturated carbocycles. The van der Waals surface area contributed by atoms with E-state index in [0.717, 1.165) is 11.1 Å². The monoisotopic (exact) mass is 367 g/mol. The van der Waals surface area contributed by atoms with E-state index in [1.165, 1.54) is 0 Å². The van der Waals surface area contributed by atoms with E-state index in [4.69, 9.17) is 5.11 Å². The largest absolute Gasteiger partial charge is 0.389 e. The van der Waals surface area contributed by atoms with Crippen molar-refractivity contribution in [2.24, 2.45) is 0 Å². The molecule has 27 heavy (non-hydrogen) atoms. The van der Waals surface area contributed by atoms with Gasteiger partial charge >= 0.3 is 0 Å². The summed E-state index contributed by atoms with van der Waals surface area (Å²) in [5, 5.41) is 11.6. The number of carbonyl (C=O) groups excluding carboxylic acids is 3. The van der Waals surface area contributed by atoms with Crippen LogP contribution in [0, 0.1) is 0 Å². The molecular formula is C22H25NO4. The third kappa shape index (κ3) is 7.96. The van der Waals surface area contributed by atoms with Gasteiger partial charge in [-0.3, -0.25) is 14.4 Å². The smallest absolute Gasteiger partial charge is 0.224 e. The minimum atomic E-state index is -0.466. The fraction of sp³-hybridized carbons (Fsp3) is 0.318. The quantitative estimate of drug-likeness (QED) is 0.598. The van der Waals surface area contributed by atoms with Crippen molar-refractivity contribution in [3.63, 3.8) is 0 Å². The first kappa shape index (κ1) is 20.5. The van der Waals surface area contributed by atoms with Gasteiger partial charge in [-0.1, -0.05) is 42.5 Å². The summed E-state index contributed by atoms with van der Waals surface area (Å²) in [5.41, 5.74) is 2.48. The summed E-state index contributed by atoms with van der Waals surface area (Å²) in [4.78, 5) is 35.1. The second kappa shape index (κ2) is 11.0. The molecule has 0 unspecified atom stereocenters. The molecule has 0 heterocycles. The maximum Gasteiger partial charge on any atom is 0.224 e. The van der Waals surface area contributed by atoms with Crippen molar-refractivity contribution in [2.75, 3.05) is 11.9 Å². The number of unbranched alkanes of at least 4 members (excludes halogenated alkanes) is 1. The van der Waals surface area contributed by atoms with Gasteiger partial charge in [0, 0.05) is 31.4 Å². The zero-order valence-corrected chi connectivity index (χ0v) is 15.3. The molecule has 0 bridgehead atoms. The Bertz CT molecular complexity index is 754. The van der Waals surface area contributed by atoms with Gasteiger partial charge in [-0.15, -0.1) is 0 Å². The van der Waals surface area contributed by atoms with Crippen LogP contribution in [-0.4, -0.2) is 29.2 Å². The molecule has 5 heteroatoms. The molecule has 0 aliphatic heterocycles. The van der Waals surface area contributed by atoms with Crippen LogP contribution >= 0.6 is 0 Å². The van der Waals surface area contributed by atoms with Gasteiger partial charge < -0.3 is 10.4 Å². The fourth-order valence-electron chi connectivity index (χ4n) is 2.73. The van der Waals surface area contributed by atoms with Gasteiger partial charge in [0.05, 0.1) is 0 Å². The molecule has 142 valence electrons. The van der Waals surface area contributed by atoms with Gasteiger partial charge in [0.2, 0.25) is 5.91 Å². The van der Waals surface area contributed by atoms with Crippen molar-refractivity contribution < 1.29 is 19.5 Å². The highest BCUT2D eigenvalue weighted by Crippen LogP contribution is 2.12. The summed E-state index contributed by atoms with van der Waals surface area (Å²) in [5.74, 6) is -0.145. The van der Waals surface area contributed by atoms with Crippen molar-refractivity contribution in [1.29, 1.82) is 0 Å². The van der Waals surface area contributed by atoms with Gasteiger partial charge in [-0.05, 0) is 36.1 Å². The summed E-state index contributed by atoms with van der Waals surface area (Å²) < 4.78 is 0. The molecule has 2 aromatic rings. The molecule has 2 aromatic carbocycles. The number of amides is 1. The Morgan fingerprint density at radius 3 is 2.00 bits per heavy atom. The number of benzene rings is 2. The summed E-state index contributed by atoms with van der Waals surface area (Å²) in [6.07, 6.45) is 2.83. The molecule has 0 aliphatic rings. The number of hydrogen-bond acceptors (Lipinski definition) is 4.